The number of carbonyl (C=O) groups excluding carboxylic acids is 1. The van der Waals surface area contributed by atoms with Gasteiger partial charge in [0.2, 0.25) is 0 Å². The first kappa shape index (κ1) is 18.5. The molecule has 1 saturated carbocycles. The molecule has 0 radical (unpaired) electrons. The first-order chi connectivity index (χ1) is 12.4. The summed E-state index contributed by atoms with van der Waals surface area (Å²) in [6.07, 6.45) is 3.51. The van der Waals surface area contributed by atoms with Crippen LogP contribution in [-0.4, -0.2) is 20.4 Å². The molecule has 138 valence electrons. The molecule has 1 amide bonds. The second-order valence-corrected chi connectivity index (χ2v) is 8.22. The Hall–Kier alpha value is -2.34. The molecule has 0 atom stereocenters. The Morgan fingerprint density at radius 2 is 1.58 bits per heavy atom. The van der Waals surface area contributed by atoms with Gasteiger partial charge < -0.3 is 5.32 Å². The lowest BCUT2D eigenvalue weighted by atomic mass is 10.0. The van der Waals surface area contributed by atoms with Crippen molar-refractivity contribution in [1.82, 2.24) is 5.32 Å². The van der Waals surface area contributed by atoms with Crippen LogP contribution in [0.2, 0.25) is 0 Å². The lowest BCUT2D eigenvalue weighted by molar-refractivity contribution is 0.0951. The van der Waals surface area contributed by atoms with E-state index >= 15 is 0 Å². The molecule has 26 heavy (non-hydrogen) atoms. The number of para-hydroxylation sites is 1. The highest BCUT2D eigenvalue weighted by molar-refractivity contribution is 7.92. The van der Waals surface area contributed by atoms with Gasteiger partial charge in [0, 0.05) is 11.6 Å². The van der Waals surface area contributed by atoms with Gasteiger partial charge in [-0.3, -0.25) is 9.52 Å². The molecule has 0 heterocycles. The van der Waals surface area contributed by atoms with Gasteiger partial charge in [0.15, 0.2) is 0 Å². The molecule has 0 saturated heterocycles. The number of hydrogen-bond acceptors (Lipinski definition) is 3. The van der Waals surface area contributed by atoms with E-state index in [-0.39, 0.29) is 16.8 Å². The maximum Gasteiger partial charge on any atom is 0.261 e. The molecule has 0 bridgehead atoms. The van der Waals surface area contributed by atoms with Crippen LogP contribution in [0.4, 0.5) is 5.69 Å². The summed E-state index contributed by atoms with van der Waals surface area (Å²) < 4.78 is 28.3. The number of amides is 1. The summed E-state index contributed by atoms with van der Waals surface area (Å²) in [6.45, 7) is 4.00. The minimum atomic E-state index is -3.71. The van der Waals surface area contributed by atoms with Crippen molar-refractivity contribution in [2.24, 2.45) is 0 Å². The Morgan fingerprint density at radius 3 is 2.08 bits per heavy atom. The lowest BCUT2D eigenvalue weighted by Gasteiger charge is -2.16. The first-order valence-corrected chi connectivity index (χ1v) is 10.5. The van der Waals surface area contributed by atoms with Crippen molar-refractivity contribution >= 4 is 21.6 Å². The van der Waals surface area contributed by atoms with Crippen molar-refractivity contribution in [2.75, 3.05) is 4.72 Å². The van der Waals surface area contributed by atoms with Crippen LogP contribution >= 0.6 is 0 Å². The summed E-state index contributed by atoms with van der Waals surface area (Å²) in [5.41, 5.74) is 3.06. The number of hydrogen-bond donors (Lipinski definition) is 2. The van der Waals surface area contributed by atoms with Crippen molar-refractivity contribution in [2.45, 2.75) is 50.5 Å². The van der Waals surface area contributed by atoms with Gasteiger partial charge in [-0.25, -0.2) is 8.42 Å². The monoisotopic (exact) mass is 372 g/mol. The lowest BCUT2D eigenvalue weighted by Crippen LogP contribution is -2.25. The number of sulfonamides is 1. The summed E-state index contributed by atoms with van der Waals surface area (Å²) in [5, 5.41) is 2.89. The largest absolute Gasteiger partial charge is 0.349 e. The van der Waals surface area contributed by atoms with Gasteiger partial charge in [0.25, 0.3) is 15.9 Å². The third-order valence-corrected chi connectivity index (χ3v) is 5.94. The quantitative estimate of drug-likeness (QED) is 0.781. The van der Waals surface area contributed by atoms with Crippen molar-refractivity contribution in [3.05, 3.63) is 59.2 Å². The summed E-state index contributed by atoms with van der Waals surface area (Å²) >= 11 is 0. The van der Waals surface area contributed by atoms with E-state index in [1.54, 1.807) is 12.1 Å². The van der Waals surface area contributed by atoms with E-state index in [2.05, 4.69) is 10.0 Å². The van der Waals surface area contributed by atoms with Crippen molar-refractivity contribution in [3.8, 4) is 0 Å². The Balaban J connectivity index is 1.83. The van der Waals surface area contributed by atoms with Crippen molar-refractivity contribution < 1.29 is 13.2 Å². The van der Waals surface area contributed by atoms with Crippen LogP contribution < -0.4 is 10.0 Å². The zero-order valence-electron chi connectivity index (χ0n) is 15.1. The van der Waals surface area contributed by atoms with Crippen LogP contribution in [0, 0.1) is 0 Å². The molecule has 2 aromatic carbocycles. The predicted octanol–water partition coefficient (Wildman–Crippen LogP) is 3.50. The molecule has 0 unspecified atom stereocenters. The van der Waals surface area contributed by atoms with E-state index in [9.17, 15) is 13.2 Å². The first-order valence-electron chi connectivity index (χ1n) is 8.99. The molecule has 6 heteroatoms. The molecule has 5 nitrogen and oxygen atoms in total. The van der Waals surface area contributed by atoms with Gasteiger partial charge in [-0.15, -0.1) is 0 Å². The molecule has 0 aliphatic heterocycles. The Labute approximate surface area is 154 Å². The molecule has 2 aromatic rings. The Morgan fingerprint density at radius 1 is 1.00 bits per heavy atom. The van der Waals surface area contributed by atoms with Crippen LogP contribution in [0.5, 0.6) is 0 Å². The standard InChI is InChI=1S/C20H24N2O3S/c1-3-14-6-5-7-15(4-2)19(14)22-26(24,25)18-12-8-16(9-13-18)20(23)21-17-10-11-17/h5-9,12-13,17,22H,3-4,10-11H2,1-2H3,(H,21,23). The van der Waals surface area contributed by atoms with Crippen molar-refractivity contribution in [3.63, 3.8) is 0 Å². The van der Waals surface area contributed by atoms with E-state index in [0.717, 1.165) is 36.8 Å². The topological polar surface area (TPSA) is 75.3 Å². The fourth-order valence-corrected chi connectivity index (χ4v) is 3.99. The van der Waals surface area contributed by atoms with Gasteiger partial charge in [0.05, 0.1) is 10.6 Å². The SMILES string of the molecule is CCc1cccc(CC)c1NS(=O)(=O)c1ccc(C(=O)NC2CC2)cc1. The van der Waals surface area contributed by atoms with Crippen LogP contribution in [0.3, 0.4) is 0 Å². The summed E-state index contributed by atoms with van der Waals surface area (Å²) in [7, 11) is -3.71. The molecule has 0 aromatic heterocycles. The number of anilines is 1. The average Bonchev–Trinajstić information content (AvgIpc) is 3.45. The van der Waals surface area contributed by atoms with E-state index in [4.69, 9.17) is 0 Å². The molecule has 0 spiro atoms. The van der Waals surface area contributed by atoms with Gasteiger partial charge in [-0.2, -0.15) is 0 Å². The van der Waals surface area contributed by atoms with E-state index in [1.807, 2.05) is 32.0 Å². The van der Waals surface area contributed by atoms with Gasteiger partial charge in [-0.05, 0) is 61.1 Å². The van der Waals surface area contributed by atoms with E-state index in [0.29, 0.717) is 11.3 Å². The Kier molecular flexibility index (Phi) is 5.32. The number of benzene rings is 2. The number of nitrogens with one attached hydrogen (secondary N) is 2. The second-order valence-electron chi connectivity index (χ2n) is 6.54. The fourth-order valence-electron chi connectivity index (χ4n) is 2.85. The van der Waals surface area contributed by atoms with Crippen LogP contribution in [0.25, 0.3) is 0 Å². The van der Waals surface area contributed by atoms with E-state index in [1.165, 1.54) is 12.1 Å². The van der Waals surface area contributed by atoms with Crippen molar-refractivity contribution in [1.29, 1.82) is 0 Å². The van der Waals surface area contributed by atoms with Gasteiger partial charge >= 0.3 is 0 Å². The maximum absolute atomic E-state index is 12.8. The zero-order chi connectivity index (χ0) is 18.7. The van der Waals surface area contributed by atoms with Gasteiger partial charge in [0.1, 0.15) is 0 Å². The minimum Gasteiger partial charge on any atom is -0.349 e. The summed E-state index contributed by atoms with van der Waals surface area (Å²) in [4.78, 5) is 12.2. The highest BCUT2D eigenvalue weighted by atomic mass is 32.2. The van der Waals surface area contributed by atoms with Crippen LogP contribution in [0.1, 0.15) is 48.2 Å². The molecule has 2 N–H and O–H groups in total. The number of aryl methyl sites for hydroxylation is 2. The average molecular weight is 372 g/mol. The second kappa shape index (κ2) is 7.50. The zero-order valence-corrected chi connectivity index (χ0v) is 15.9. The minimum absolute atomic E-state index is 0.147. The molecular weight excluding hydrogens is 348 g/mol. The number of carbonyl (C=O) groups is 1. The predicted molar refractivity (Wildman–Crippen MR) is 103 cm³/mol. The smallest absolute Gasteiger partial charge is 0.261 e. The van der Waals surface area contributed by atoms with Crippen LogP contribution in [0.15, 0.2) is 47.4 Å². The fraction of sp³-hybridized carbons (Fsp3) is 0.350. The maximum atomic E-state index is 12.8. The van der Waals surface area contributed by atoms with E-state index < -0.39 is 10.0 Å². The third-order valence-electron chi connectivity index (χ3n) is 4.57. The highest BCUT2D eigenvalue weighted by Gasteiger charge is 2.24. The molecular formula is C20H24N2O3S. The van der Waals surface area contributed by atoms with Gasteiger partial charge in [-0.1, -0.05) is 32.0 Å². The summed E-state index contributed by atoms with van der Waals surface area (Å²) in [5.74, 6) is -0.158. The molecule has 1 aliphatic carbocycles. The highest BCUT2D eigenvalue weighted by Crippen LogP contribution is 2.26. The Bertz CT molecular complexity index is 879. The molecule has 1 fully saturated rings. The number of rotatable bonds is 7. The molecule has 3 rings (SSSR count). The van der Waals surface area contributed by atoms with Crippen LogP contribution in [-0.2, 0) is 22.9 Å². The third kappa shape index (κ3) is 4.07. The normalized spacial score (nSPS) is 14.1. The summed E-state index contributed by atoms with van der Waals surface area (Å²) in [6, 6.07) is 12.1. The molecule has 1 aliphatic rings.